The van der Waals surface area contributed by atoms with Gasteiger partial charge in [0.15, 0.2) is 0 Å². The smallest absolute Gasteiger partial charge is 0.108 e. The molecular formula is C14H18O. The molecule has 1 heteroatoms. The molecule has 0 aromatic carbocycles. The van der Waals surface area contributed by atoms with Crippen LogP contribution < -0.4 is 0 Å². The summed E-state index contributed by atoms with van der Waals surface area (Å²) >= 11 is 0. The Kier molecular flexibility index (Phi) is 5.88. The second-order valence-electron chi connectivity index (χ2n) is 3.22. The molecule has 0 radical (unpaired) electrons. The molecule has 1 nitrogen and oxygen atoms in total. The Morgan fingerprint density at radius 1 is 0.933 bits per heavy atom. The first-order valence-electron chi connectivity index (χ1n) is 4.77. The van der Waals surface area contributed by atoms with Crippen LogP contribution in [0.25, 0.3) is 0 Å². The number of aliphatic hydroxyl groups excluding tert-OH is 1. The molecule has 0 unspecified atom stereocenters. The lowest BCUT2D eigenvalue weighted by atomic mass is 10.1. The van der Waals surface area contributed by atoms with E-state index >= 15 is 0 Å². The summed E-state index contributed by atoms with van der Waals surface area (Å²) in [7, 11) is 0. The van der Waals surface area contributed by atoms with Gasteiger partial charge >= 0.3 is 0 Å². The van der Waals surface area contributed by atoms with Gasteiger partial charge in [0.1, 0.15) is 5.76 Å². The van der Waals surface area contributed by atoms with Crippen LogP contribution in [0, 0.1) is 0 Å². The summed E-state index contributed by atoms with van der Waals surface area (Å²) in [5, 5.41) is 8.86. The highest BCUT2D eigenvalue weighted by molar-refractivity contribution is 5.44. The van der Waals surface area contributed by atoms with E-state index in [9.17, 15) is 0 Å². The van der Waals surface area contributed by atoms with E-state index in [2.05, 4.69) is 26.3 Å². The summed E-state index contributed by atoms with van der Waals surface area (Å²) in [5.74, 6) is 0.00546. The second-order valence-corrected chi connectivity index (χ2v) is 3.22. The van der Waals surface area contributed by atoms with Crippen LogP contribution in [-0.4, -0.2) is 5.11 Å². The van der Waals surface area contributed by atoms with E-state index in [1.807, 2.05) is 19.1 Å². The zero-order valence-electron chi connectivity index (χ0n) is 9.29. The van der Waals surface area contributed by atoms with E-state index in [-0.39, 0.29) is 5.76 Å². The van der Waals surface area contributed by atoms with Crippen molar-refractivity contribution in [2.24, 2.45) is 0 Å². The van der Waals surface area contributed by atoms with Crippen molar-refractivity contribution in [1.29, 1.82) is 0 Å². The van der Waals surface area contributed by atoms with Crippen LogP contribution in [0.2, 0.25) is 0 Å². The Morgan fingerprint density at radius 3 is 1.80 bits per heavy atom. The van der Waals surface area contributed by atoms with Crippen molar-refractivity contribution in [3.63, 3.8) is 0 Å². The van der Waals surface area contributed by atoms with E-state index in [1.165, 1.54) is 6.08 Å². The van der Waals surface area contributed by atoms with Gasteiger partial charge < -0.3 is 5.11 Å². The van der Waals surface area contributed by atoms with E-state index in [0.717, 1.165) is 23.1 Å². The van der Waals surface area contributed by atoms with Gasteiger partial charge in [-0.25, -0.2) is 0 Å². The standard InChI is InChI=1S/C14H18O/c1-6-11(2)7-8-12(3)13(4)9-10-14(5)15/h7-10,15H,2-6H2,1H3/b8-7-,10-9-. The first kappa shape index (κ1) is 13.2. The van der Waals surface area contributed by atoms with Gasteiger partial charge in [0, 0.05) is 0 Å². The third-order valence-electron chi connectivity index (χ3n) is 1.86. The topological polar surface area (TPSA) is 20.2 Å². The van der Waals surface area contributed by atoms with Crippen molar-refractivity contribution in [3.8, 4) is 0 Å². The molecule has 80 valence electrons. The number of allylic oxidation sites excluding steroid dienone is 7. The Balaban J connectivity index is 4.35. The maximum atomic E-state index is 8.86. The molecular weight excluding hydrogens is 184 g/mol. The molecule has 0 aliphatic carbocycles. The first-order valence-corrected chi connectivity index (χ1v) is 4.77. The lowest BCUT2D eigenvalue weighted by Crippen LogP contribution is -1.80. The monoisotopic (exact) mass is 202 g/mol. The van der Waals surface area contributed by atoms with Gasteiger partial charge in [0.05, 0.1) is 0 Å². The third kappa shape index (κ3) is 6.33. The van der Waals surface area contributed by atoms with Gasteiger partial charge in [-0.05, 0) is 23.6 Å². The molecule has 0 aromatic heterocycles. The number of hydrogen-bond donors (Lipinski definition) is 1. The summed E-state index contributed by atoms with van der Waals surface area (Å²) in [5.41, 5.74) is 2.58. The summed E-state index contributed by atoms with van der Waals surface area (Å²) in [6.45, 7) is 16.9. The minimum Gasteiger partial charge on any atom is -0.509 e. The minimum absolute atomic E-state index is 0.00546. The highest BCUT2D eigenvalue weighted by atomic mass is 16.3. The van der Waals surface area contributed by atoms with E-state index < -0.39 is 0 Å². The molecule has 15 heavy (non-hydrogen) atoms. The predicted octanol–water partition coefficient (Wildman–Crippen LogP) is 4.25. The highest BCUT2D eigenvalue weighted by Gasteiger charge is 1.92. The van der Waals surface area contributed by atoms with Crippen LogP contribution >= 0.6 is 0 Å². The summed E-state index contributed by atoms with van der Waals surface area (Å²) in [6, 6.07) is 0. The van der Waals surface area contributed by atoms with E-state index in [4.69, 9.17) is 5.11 Å². The van der Waals surface area contributed by atoms with Crippen LogP contribution in [-0.2, 0) is 0 Å². The third-order valence-corrected chi connectivity index (χ3v) is 1.86. The molecule has 0 rings (SSSR count). The van der Waals surface area contributed by atoms with E-state index in [1.54, 1.807) is 6.08 Å². The van der Waals surface area contributed by atoms with Gasteiger partial charge in [-0.15, -0.1) is 0 Å². The zero-order valence-corrected chi connectivity index (χ0v) is 9.29. The number of aliphatic hydroxyl groups is 1. The van der Waals surface area contributed by atoms with Gasteiger partial charge in [-0.3, -0.25) is 0 Å². The fourth-order valence-electron chi connectivity index (χ4n) is 0.747. The maximum Gasteiger partial charge on any atom is 0.108 e. The van der Waals surface area contributed by atoms with Crippen LogP contribution in [0.1, 0.15) is 13.3 Å². The van der Waals surface area contributed by atoms with Crippen LogP contribution in [0.15, 0.2) is 73.1 Å². The average molecular weight is 202 g/mol. The van der Waals surface area contributed by atoms with Crippen molar-refractivity contribution < 1.29 is 5.11 Å². The maximum absolute atomic E-state index is 8.86. The Morgan fingerprint density at radius 2 is 1.40 bits per heavy atom. The number of rotatable bonds is 6. The molecule has 0 aliphatic heterocycles. The lowest BCUT2D eigenvalue weighted by Gasteiger charge is -1.99. The largest absolute Gasteiger partial charge is 0.509 e. The van der Waals surface area contributed by atoms with E-state index in [0.29, 0.717) is 0 Å². The quantitative estimate of drug-likeness (QED) is 0.504. The molecule has 0 saturated heterocycles. The van der Waals surface area contributed by atoms with Gasteiger partial charge in [-0.1, -0.05) is 57.0 Å². The molecule has 0 saturated carbocycles. The molecule has 0 aliphatic rings. The van der Waals surface area contributed by atoms with Crippen LogP contribution in [0.4, 0.5) is 0 Å². The highest BCUT2D eigenvalue weighted by Crippen LogP contribution is 2.11. The van der Waals surface area contributed by atoms with Crippen LogP contribution in [0.5, 0.6) is 0 Å². The Bertz CT molecular complexity index is 340. The number of hydrogen-bond acceptors (Lipinski definition) is 1. The fraction of sp³-hybridized carbons (Fsp3) is 0.143. The summed E-state index contributed by atoms with van der Waals surface area (Å²) in [6.07, 6.45) is 7.84. The predicted molar refractivity (Wildman–Crippen MR) is 67.8 cm³/mol. The van der Waals surface area contributed by atoms with Crippen molar-refractivity contribution in [1.82, 2.24) is 0 Å². The van der Waals surface area contributed by atoms with Gasteiger partial charge in [0.25, 0.3) is 0 Å². The molecule has 0 atom stereocenters. The Hall–Kier alpha value is -1.76. The Labute approximate surface area is 92.1 Å². The molecule has 0 heterocycles. The summed E-state index contributed by atoms with van der Waals surface area (Å²) in [4.78, 5) is 0. The van der Waals surface area contributed by atoms with Crippen molar-refractivity contribution in [2.75, 3.05) is 0 Å². The first-order chi connectivity index (χ1) is 6.97. The molecule has 1 N–H and O–H groups in total. The molecule has 0 amide bonds. The fourth-order valence-corrected chi connectivity index (χ4v) is 0.747. The minimum atomic E-state index is 0.00546. The molecule has 0 spiro atoms. The van der Waals surface area contributed by atoms with Crippen molar-refractivity contribution in [3.05, 3.63) is 73.1 Å². The van der Waals surface area contributed by atoms with Gasteiger partial charge in [0.2, 0.25) is 0 Å². The normalized spacial score (nSPS) is 10.7. The van der Waals surface area contributed by atoms with Crippen molar-refractivity contribution >= 4 is 0 Å². The van der Waals surface area contributed by atoms with Crippen molar-refractivity contribution in [2.45, 2.75) is 13.3 Å². The average Bonchev–Trinajstić information content (AvgIpc) is 2.21. The SMILES string of the molecule is C=C(O)/C=C\C(=C)C(=C)/C=C\C(=C)CC. The van der Waals surface area contributed by atoms with Crippen LogP contribution in [0.3, 0.4) is 0 Å². The zero-order chi connectivity index (χ0) is 11.8. The lowest BCUT2D eigenvalue weighted by molar-refractivity contribution is 0.435. The molecule has 0 aromatic rings. The molecule has 0 bridgehead atoms. The molecule has 0 fully saturated rings. The van der Waals surface area contributed by atoms with Gasteiger partial charge in [-0.2, -0.15) is 0 Å². The summed E-state index contributed by atoms with van der Waals surface area (Å²) < 4.78 is 0. The second kappa shape index (κ2) is 6.66.